The maximum atomic E-state index is 12.4. The van der Waals surface area contributed by atoms with E-state index in [1.54, 1.807) is 11.0 Å². The monoisotopic (exact) mass is 334 g/mol. The zero-order chi connectivity index (χ0) is 17.1. The number of hydrogen-bond donors (Lipinski definition) is 1. The van der Waals surface area contributed by atoms with E-state index < -0.39 is 0 Å². The number of hydrogen-bond acceptors (Lipinski definition) is 6. The number of ether oxygens (including phenoxy) is 1. The van der Waals surface area contributed by atoms with E-state index >= 15 is 0 Å². The quantitative estimate of drug-likeness (QED) is 0.867. The van der Waals surface area contributed by atoms with Gasteiger partial charge in [0.05, 0.1) is 6.54 Å². The molecule has 2 aliphatic rings. The van der Waals surface area contributed by atoms with Crippen LogP contribution in [0.1, 0.15) is 12.8 Å². The highest BCUT2D eigenvalue weighted by Crippen LogP contribution is 2.19. The average Bonchev–Trinajstić information content (AvgIpc) is 3.01. The maximum Gasteiger partial charge on any atom is 0.328 e. The van der Waals surface area contributed by atoms with Crippen LogP contribution in [0.2, 0.25) is 0 Å². The zero-order valence-corrected chi connectivity index (χ0v) is 13.9. The van der Waals surface area contributed by atoms with E-state index in [2.05, 4.69) is 15.5 Å². The number of carbonyl (C=O) groups is 2. The molecule has 1 unspecified atom stereocenters. The smallest absolute Gasteiger partial charge is 0.328 e. The molecule has 130 valence electrons. The van der Waals surface area contributed by atoms with Crippen LogP contribution in [0.25, 0.3) is 0 Å². The summed E-state index contributed by atoms with van der Waals surface area (Å²) in [5.74, 6) is 1.20. The van der Waals surface area contributed by atoms with E-state index in [1.807, 2.05) is 25.1 Å². The number of aromatic nitrogens is 2. The first-order chi connectivity index (χ1) is 11.5. The molecule has 2 aliphatic heterocycles. The van der Waals surface area contributed by atoms with Crippen molar-refractivity contribution in [1.29, 1.82) is 0 Å². The van der Waals surface area contributed by atoms with Gasteiger partial charge in [0, 0.05) is 39.8 Å². The lowest BCUT2D eigenvalue weighted by atomic mass is 10.1. The molecule has 9 heteroatoms. The van der Waals surface area contributed by atoms with Crippen LogP contribution in [0, 0.1) is 0 Å². The summed E-state index contributed by atoms with van der Waals surface area (Å²) in [4.78, 5) is 28.8. The number of imide groups is 1. The van der Waals surface area contributed by atoms with E-state index in [4.69, 9.17) is 4.74 Å². The Morgan fingerprint density at radius 3 is 2.79 bits per heavy atom. The number of amides is 4. The van der Waals surface area contributed by atoms with Gasteiger partial charge >= 0.3 is 12.1 Å². The van der Waals surface area contributed by atoms with Crippen LogP contribution in [0.4, 0.5) is 15.4 Å². The molecule has 9 nitrogen and oxygen atoms in total. The first-order valence-electron chi connectivity index (χ1n) is 8.06. The molecule has 0 aromatic carbocycles. The van der Waals surface area contributed by atoms with Gasteiger partial charge in [-0.15, -0.1) is 10.2 Å². The second-order valence-electron chi connectivity index (χ2n) is 6.12. The number of nitrogens with one attached hydrogen (secondary N) is 1. The Morgan fingerprint density at radius 1 is 1.33 bits per heavy atom. The second-order valence-corrected chi connectivity index (χ2v) is 6.12. The van der Waals surface area contributed by atoms with Crippen LogP contribution in [0.5, 0.6) is 5.88 Å². The first kappa shape index (κ1) is 16.3. The highest BCUT2D eigenvalue weighted by molar-refractivity contribution is 5.95. The number of likely N-dealkylation sites (tertiary alicyclic amines) is 1. The lowest BCUT2D eigenvalue weighted by molar-refractivity contribution is 0.0875. The van der Waals surface area contributed by atoms with E-state index in [9.17, 15) is 9.59 Å². The van der Waals surface area contributed by atoms with Crippen molar-refractivity contribution in [3.8, 4) is 5.88 Å². The summed E-state index contributed by atoms with van der Waals surface area (Å²) >= 11 is 0. The molecular formula is C15H22N6O3. The molecule has 1 aromatic heterocycles. The molecule has 0 aliphatic carbocycles. The molecule has 1 atom stereocenters. The van der Waals surface area contributed by atoms with Gasteiger partial charge in [0.15, 0.2) is 5.82 Å². The number of urea groups is 2. The van der Waals surface area contributed by atoms with Crippen LogP contribution in [-0.4, -0.2) is 78.4 Å². The minimum atomic E-state index is -0.326. The lowest BCUT2D eigenvalue weighted by Crippen LogP contribution is -2.50. The molecule has 2 fully saturated rings. The maximum absolute atomic E-state index is 12.4. The summed E-state index contributed by atoms with van der Waals surface area (Å²) in [6.07, 6.45) is 1.52. The third-order valence-corrected chi connectivity index (χ3v) is 4.11. The van der Waals surface area contributed by atoms with Gasteiger partial charge in [-0.1, -0.05) is 0 Å². The summed E-state index contributed by atoms with van der Waals surface area (Å²) in [7, 11) is 3.79. The Hall–Kier alpha value is -2.58. The van der Waals surface area contributed by atoms with Gasteiger partial charge in [0.25, 0.3) is 0 Å². The molecular weight excluding hydrogens is 312 g/mol. The van der Waals surface area contributed by atoms with E-state index in [0.29, 0.717) is 32.1 Å². The minimum absolute atomic E-state index is 0.145. The first-order valence-corrected chi connectivity index (χ1v) is 8.06. The third-order valence-electron chi connectivity index (χ3n) is 4.11. The normalized spacial score (nSPS) is 20.8. The molecule has 2 saturated heterocycles. The van der Waals surface area contributed by atoms with Gasteiger partial charge in [-0.05, 0) is 18.9 Å². The van der Waals surface area contributed by atoms with Crippen LogP contribution in [0.15, 0.2) is 12.1 Å². The fraction of sp³-hybridized carbons (Fsp3) is 0.600. The Bertz CT molecular complexity index is 606. The SMILES string of the molecule is CN(C)c1ccc(OC2CCCN(C(=O)N3CCNC3=O)C2)nn1. The Morgan fingerprint density at radius 2 is 2.17 bits per heavy atom. The Labute approximate surface area is 140 Å². The topological polar surface area (TPSA) is 90.9 Å². The second kappa shape index (κ2) is 6.90. The summed E-state index contributed by atoms with van der Waals surface area (Å²) in [6.45, 7) is 2.00. The molecule has 0 saturated carbocycles. The Kier molecular flexibility index (Phi) is 4.68. The van der Waals surface area contributed by atoms with Crippen molar-refractivity contribution in [3.63, 3.8) is 0 Å². The van der Waals surface area contributed by atoms with Crippen molar-refractivity contribution < 1.29 is 14.3 Å². The van der Waals surface area contributed by atoms with Crippen LogP contribution < -0.4 is 15.0 Å². The Balaban J connectivity index is 1.59. The standard InChI is InChI=1S/C15H22N6O3/c1-19(2)12-5-6-13(18-17-12)24-11-4-3-8-20(10-11)15(23)21-9-7-16-14(21)22/h5-6,11H,3-4,7-10H2,1-2H3,(H,16,22). The van der Waals surface area contributed by atoms with Gasteiger partial charge in [-0.2, -0.15) is 0 Å². The van der Waals surface area contributed by atoms with Crippen LogP contribution in [-0.2, 0) is 0 Å². The van der Waals surface area contributed by atoms with Crippen molar-refractivity contribution in [2.45, 2.75) is 18.9 Å². The fourth-order valence-electron chi connectivity index (χ4n) is 2.82. The molecule has 3 heterocycles. The predicted octanol–water partition coefficient (Wildman–Crippen LogP) is 0.531. The van der Waals surface area contributed by atoms with Crippen molar-refractivity contribution in [2.24, 2.45) is 0 Å². The molecule has 0 bridgehead atoms. The van der Waals surface area contributed by atoms with Crippen molar-refractivity contribution >= 4 is 17.9 Å². The van der Waals surface area contributed by atoms with Crippen molar-refractivity contribution in [3.05, 3.63) is 12.1 Å². The highest BCUT2D eigenvalue weighted by Gasteiger charge is 2.33. The summed E-state index contributed by atoms with van der Waals surface area (Å²) in [6, 6.07) is 3.03. The number of anilines is 1. The molecule has 0 radical (unpaired) electrons. The lowest BCUT2D eigenvalue weighted by Gasteiger charge is -2.34. The molecule has 1 aromatic rings. The number of rotatable bonds is 3. The molecule has 3 rings (SSSR count). The van der Waals surface area contributed by atoms with E-state index in [-0.39, 0.29) is 18.2 Å². The molecule has 24 heavy (non-hydrogen) atoms. The minimum Gasteiger partial charge on any atom is -0.471 e. The van der Waals surface area contributed by atoms with Crippen molar-refractivity contribution in [1.82, 2.24) is 25.3 Å². The highest BCUT2D eigenvalue weighted by atomic mass is 16.5. The van der Waals surface area contributed by atoms with Gasteiger partial charge in [-0.25, -0.2) is 14.5 Å². The number of piperidine rings is 1. The van der Waals surface area contributed by atoms with Crippen molar-refractivity contribution in [2.75, 3.05) is 45.2 Å². The predicted molar refractivity (Wildman–Crippen MR) is 87.1 cm³/mol. The molecule has 0 spiro atoms. The number of nitrogens with zero attached hydrogens (tertiary/aromatic N) is 5. The van der Waals surface area contributed by atoms with Gasteiger partial charge in [0.1, 0.15) is 6.10 Å². The molecule has 1 N–H and O–H groups in total. The van der Waals surface area contributed by atoms with Gasteiger partial charge < -0.3 is 19.9 Å². The number of carbonyl (C=O) groups excluding carboxylic acids is 2. The summed E-state index contributed by atoms with van der Waals surface area (Å²) < 4.78 is 5.85. The van der Waals surface area contributed by atoms with Crippen LogP contribution in [0.3, 0.4) is 0 Å². The van der Waals surface area contributed by atoms with Gasteiger partial charge in [-0.3, -0.25) is 0 Å². The average molecular weight is 334 g/mol. The van der Waals surface area contributed by atoms with Crippen LogP contribution >= 0.6 is 0 Å². The fourth-order valence-corrected chi connectivity index (χ4v) is 2.82. The summed E-state index contributed by atoms with van der Waals surface area (Å²) in [5, 5.41) is 10.8. The molecule has 4 amide bonds. The van der Waals surface area contributed by atoms with E-state index in [0.717, 1.165) is 18.7 Å². The van der Waals surface area contributed by atoms with E-state index in [1.165, 1.54) is 4.90 Å². The third kappa shape index (κ3) is 3.50. The zero-order valence-electron chi connectivity index (χ0n) is 13.9. The van der Waals surface area contributed by atoms with Gasteiger partial charge in [0.2, 0.25) is 5.88 Å². The summed E-state index contributed by atoms with van der Waals surface area (Å²) in [5.41, 5.74) is 0. The largest absolute Gasteiger partial charge is 0.471 e.